The largest absolute Gasteiger partial charge is 0.0845 e. The number of allylic oxidation sites excluding steroid dienone is 4. The number of fused-ring (bicyclic) bond motifs is 4. The molecule has 5 aliphatic carbocycles. The molecular weight excluding hydrogens is 240 g/mol. The monoisotopic (exact) mass is 268 g/mol. The van der Waals surface area contributed by atoms with Gasteiger partial charge in [0.25, 0.3) is 0 Å². The van der Waals surface area contributed by atoms with Gasteiger partial charge in [0.1, 0.15) is 0 Å². The van der Waals surface area contributed by atoms with E-state index in [4.69, 9.17) is 0 Å². The second-order valence-corrected chi connectivity index (χ2v) is 8.85. The fourth-order valence-corrected chi connectivity index (χ4v) is 6.85. The minimum atomic E-state index is 0.571. The van der Waals surface area contributed by atoms with E-state index in [0.717, 1.165) is 29.6 Å². The average molecular weight is 268 g/mol. The normalized spacial score (nSPS) is 52.7. The van der Waals surface area contributed by atoms with Crippen LogP contribution >= 0.6 is 0 Å². The van der Waals surface area contributed by atoms with Crippen LogP contribution in [-0.4, -0.2) is 0 Å². The van der Waals surface area contributed by atoms with Crippen molar-refractivity contribution in [1.82, 2.24) is 0 Å². The van der Waals surface area contributed by atoms with E-state index in [9.17, 15) is 0 Å². The average Bonchev–Trinajstić information content (AvgIpc) is 2.78. The van der Waals surface area contributed by atoms with Crippen molar-refractivity contribution in [1.29, 1.82) is 0 Å². The smallest absolute Gasteiger partial charge is 0.00819 e. The Kier molecular flexibility index (Phi) is 2.30. The Labute approximate surface area is 123 Å². The summed E-state index contributed by atoms with van der Waals surface area (Å²) in [5, 5.41) is 0. The fourth-order valence-electron chi connectivity index (χ4n) is 6.85. The molecule has 2 fully saturated rings. The van der Waals surface area contributed by atoms with Crippen LogP contribution in [0.1, 0.15) is 65.2 Å². The highest BCUT2D eigenvalue weighted by Crippen LogP contribution is 2.66. The van der Waals surface area contributed by atoms with Crippen LogP contribution < -0.4 is 0 Å². The highest BCUT2D eigenvalue weighted by Gasteiger charge is 2.55. The van der Waals surface area contributed by atoms with Gasteiger partial charge in [-0.05, 0) is 86.4 Å². The molecule has 0 aromatic heterocycles. The van der Waals surface area contributed by atoms with E-state index < -0.39 is 0 Å². The van der Waals surface area contributed by atoms with Crippen molar-refractivity contribution in [2.24, 2.45) is 35.0 Å². The molecule has 0 nitrogen and oxygen atoms in total. The summed E-state index contributed by atoms with van der Waals surface area (Å²) in [6.45, 7) is 5.10. The topological polar surface area (TPSA) is 0 Å². The maximum absolute atomic E-state index is 2.70. The molecule has 0 aromatic rings. The van der Waals surface area contributed by atoms with Gasteiger partial charge < -0.3 is 0 Å². The molecule has 20 heavy (non-hydrogen) atoms. The number of hydrogen-bond acceptors (Lipinski definition) is 0. The van der Waals surface area contributed by atoms with Crippen molar-refractivity contribution in [3.63, 3.8) is 0 Å². The predicted octanol–water partition coefficient (Wildman–Crippen LogP) is 5.51. The van der Waals surface area contributed by atoms with Gasteiger partial charge in [-0.1, -0.05) is 36.6 Å². The van der Waals surface area contributed by atoms with Crippen LogP contribution in [0.25, 0.3) is 0 Å². The second-order valence-electron chi connectivity index (χ2n) is 8.85. The SMILES string of the molecule is CC1CCC2(C)C(=CCC3C4CCC5CC(=C54)CC32)C1. The fraction of sp³-hybridized carbons (Fsp3) is 0.800. The summed E-state index contributed by atoms with van der Waals surface area (Å²) in [6, 6.07) is 0. The van der Waals surface area contributed by atoms with Crippen LogP contribution in [0.3, 0.4) is 0 Å². The van der Waals surface area contributed by atoms with Gasteiger partial charge in [0.2, 0.25) is 0 Å². The highest BCUT2D eigenvalue weighted by molar-refractivity contribution is 5.40. The van der Waals surface area contributed by atoms with E-state index in [1.54, 1.807) is 0 Å². The van der Waals surface area contributed by atoms with Crippen molar-refractivity contribution in [3.8, 4) is 0 Å². The van der Waals surface area contributed by atoms with Gasteiger partial charge in [0.05, 0.1) is 0 Å². The molecule has 0 heteroatoms. The molecule has 0 N–H and O–H groups in total. The maximum atomic E-state index is 2.70. The molecule has 0 amide bonds. The Morgan fingerprint density at radius 1 is 1.10 bits per heavy atom. The zero-order valence-corrected chi connectivity index (χ0v) is 13.1. The molecule has 0 spiro atoms. The second kappa shape index (κ2) is 3.81. The lowest BCUT2D eigenvalue weighted by atomic mass is 9.49. The lowest BCUT2D eigenvalue weighted by Gasteiger charge is -2.56. The summed E-state index contributed by atoms with van der Waals surface area (Å²) in [4.78, 5) is 0. The van der Waals surface area contributed by atoms with Crippen molar-refractivity contribution < 1.29 is 0 Å². The molecule has 0 heterocycles. The van der Waals surface area contributed by atoms with E-state index in [2.05, 4.69) is 19.9 Å². The molecule has 5 rings (SSSR count). The summed E-state index contributed by atoms with van der Waals surface area (Å²) in [5.74, 6) is 5.00. The molecule has 5 aliphatic rings. The third-order valence-electron chi connectivity index (χ3n) is 7.98. The van der Waals surface area contributed by atoms with Crippen molar-refractivity contribution in [3.05, 3.63) is 22.8 Å². The number of hydrogen-bond donors (Lipinski definition) is 0. The Bertz CT molecular complexity index is 522. The standard InChI is InChI=1S/C20H28/c1-12-7-8-20(2)15(9-12)4-6-16-17-5-3-13-10-14(19(13)17)11-18(16)20/h4,12-13,16-18H,3,5-11H2,1-2H3. The van der Waals surface area contributed by atoms with Crippen molar-refractivity contribution in [2.45, 2.75) is 65.2 Å². The molecular formula is C20H28. The highest BCUT2D eigenvalue weighted by atomic mass is 14.6. The Balaban J connectivity index is 1.55. The summed E-state index contributed by atoms with van der Waals surface area (Å²) >= 11 is 0. The zero-order chi connectivity index (χ0) is 13.5. The van der Waals surface area contributed by atoms with E-state index >= 15 is 0 Å². The molecule has 0 aliphatic heterocycles. The summed E-state index contributed by atoms with van der Waals surface area (Å²) in [6.07, 6.45) is 14.5. The third kappa shape index (κ3) is 1.34. The molecule has 0 aromatic carbocycles. The van der Waals surface area contributed by atoms with Gasteiger partial charge in [0, 0.05) is 0 Å². The Hall–Kier alpha value is -0.520. The Morgan fingerprint density at radius 3 is 2.90 bits per heavy atom. The zero-order valence-electron chi connectivity index (χ0n) is 13.1. The van der Waals surface area contributed by atoms with Gasteiger partial charge in [-0.3, -0.25) is 0 Å². The predicted molar refractivity (Wildman–Crippen MR) is 83.3 cm³/mol. The summed E-state index contributed by atoms with van der Waals surface area (Å²) < 4.78 is 0. The van der Waals surface area contributed by atoms with Crippen LogP contribution in [0.2, 0.25) is 0 Å². The van der Waals surface area contributed by atoms with E-state index in [0.29, 0.717) is 5.41 Å². The van der Waals surface area contributed by atoms with Crippen LogP contribution in [0.15, 0.2) is 22.8 Å². The first kappa shape index (κ1) is 12.1. The van der Waals surface area contributed by atoms with Crippen LogP contribution in [0, 0.1) is 35.0 Å². The first-order valence-electron chi connectivity index (χ1n) is 9.08. The van der Waals surface area contributed by atoms with Gasteiger partial charge in [-0.15, -0.1) is 0 Å². The molecule has 0 radical (unpaired) electrons. The van der Waals surface area contributed by atoms with Gasteiger partial charge in [-0.25, -0.2) is 0 Å². The summed E-state index contributed by atoms with van der Waals surface area (Å²) in [7, 11) is 0. The molecule has 108 valence electrons. The molecule has 2 saturated carbocycles. The summed E-state index contributed by atoms with van der Waals surface area (Å²) in [5.41, 5.74) is 6.34. The minimum Gasteiger partial charge on any atom is -0.0845 e. The van der Waals surface area contributed by atoms with Crippen molar-refractivity contribution in [2.75, 3.05) is 0 Å². The van der Waals surface area contributed by atoms with Gasteiger partial charge >= 0.3 is 0 Å². The van der Waals surface area contributed by atoms with Gasteiger partial charge in [0.15, 0.2) is 0 Å². The molecule has 6 atom stereocenters. The first-order chi connectivity index (χ1) is 9.67. The lowest BCUT2D eigenvalue weighted by Crippen LogP contribution is -2.46. The lowest BCUT2D eigenvalue weighted by molar-refractivity contribution is 0.0591. The first-order valence-corrected chi connectivity index (χ1v) is 9.08. The molecule has 0 saturated heterocycles. The third-order valence-corrected chi connectivity index (χ3v) is 7.98. The Morgan fingerprint density at radius 2 is 2.00 bits per heavy atom. The quantitative estimate of drug-likeness (QED) is 0.508. The van der Waals surface area contributed by atoms with Crippen molar-refractivity contribution >= 4 is 0 Å². The van der Waals surface area contributed by atoms with E-state index in [1.807, 2.05) is 16.7 Å². The van der Waals surface area contributed by atoms with Crippen LogP contribution in [-0.2, 0) is 0 Å². The van der Waals surface area contributed by atoms with Gasteiger partial charge in [-0.2, -0.15) is 0 Å². The maximum Gasteiger partial charge on any atom is -0.00819 e. The van der Waals surface area contributed by atoms with Crippen LogP contribution in [0.5, 0.6) is 0 Å². The van der Waals surface area contributed by atoms with E-state index in [1.165, 1.54) is 51.4 Å². The molecule has 0 bridgehead atoms. The molecule has 6 unspecified atom stereocenters. The minimum absolute atomic E-state index is 0.571. The van der Waals surface area contributed by atoms with Crippen LogP contribution in [0.4, 0.5) is 0 Å². The number of rotatable bonds is 0. The van der Waals surface area contributed by atoms with E-state index in [-0.39, 0.29) is 0 Å².